The van der Waals surface area contributed by atoms with E-state index in [-0.39, 0.29) is 6.61 Å². The van der Waals surface area contributed by atoms with Crippen molar-refractivity contribution in [1.82, 2.24) is 5.32 Å². The molecule has 1 aromatic carbocycles. The molecule has 21 heavy (non-hydrogen) atoms. The first-order valence-corrected chi connectivity index (χ1v) is 6.43. The lowest BCUT2D eigenvalue weighted by Crippen LogP contribution is -2.27. The number of oxime groups is 1. The zero-order valence-corrected chi connectivity index (χ0v) is 12.1. The number of benzene rings is 1. The Morgan fingerprint density at radius 1 is 1.52 bits per heavy atom. The molecular formula is C15H18N2O4. The molecule has 0 unspecified atom stereocenters. The number of nitrogens with one attached hydrogen (secondary N) is 1. The van der Waals surface area contributed by atoms with Gasteiger partial charge in [-0.2, -0.15) is 0 Å². The van der Waals surface area contributed by atoms with E-state index in [2.05, 4.69) is 16.4 Å². The standard InChI is InChI=1S/C15H18N2O4/c1-4-8-16-15(18)21-14-7-6-13(19-3)10-12(14)11-17-20-9-5-2/h2,6-7,10-11H,4,8-9H2,1,3H3,(H,16,18)/b17-11-. The van der Waals surface area contributed by atoms with Crippen molar-refractivity contribution in [2.75, 3.05) is 20.3 Å². The van der Waals surface area contributed by atoms with E-state index in [4.69, 9.17) is 20.7 Å². The Balaban J connectivity index is 2.83. The van der Waals surface area contributed by atoms with Crippen molar-refractivity contribution >= 4 is 12.3 Å². The van der Waals surface area contributed by atoms with Crippen molar-refractivity contribution in [2.24, 2.45) is 5.16 Å². The average molecular weight is 290 g/mol. The van der Waals surface area contributed by atoms with Gasteiger partial charge in [0.1, 0.15) is 11.5 Å². The zero-order chi connectivity index (χ0) is 15.5. The van der Waals surface area contributed by atoms with Gasteiger partial charge in [-0.1, -0.05) is 18.0 Å². The van der Waals surface area contributed by atoms with Crippen LogP contribution in [0.4, 0.5) is 4.79 Å². The highest BCUT2D eigenvalue weighted by atomic mass is 16.6. The van der Waals surface area contributed by atoms with E-state index in [1.807, 2.05) is 6.92 Å². The molecule has 6 nitrogen and oxygen atoms in total. The molecule has 0 aliphatic carbocycles. The van der Waals surface area contributed by atoms with Gasteiger partial charge in [0.05, 0.1) is 13.3 Å². The third-order valence-electron chi connectivity index (χ3n) is 2.35. The number of methoxy groups -OCH3 is 1. The molecule has 0 fully saturated rings. The van der Waals surface area contributed by atoms with Gasteiger partial charge in [-0.3, -0.25) is 0 Å². The third kappa shape index (κ3) is 5.87. The van der Waals surface area contributed by atoms with Crippen LogP contribution in [0.15, 0.2) is 23.4 Å². The van der Waals surface area contributed by atoms with E-state index < -0.39 is 6.09 Å². The highest BCUT2D eigenvalue weighted by molar-refractivity contribution is 5.85. The minimum atomic E-state index is -0.527. The van der Waals surface area contributed by atoms with Crippen LogP contribution in [-0.2, 0) is 4.84 Å². The predicted octanol–water partition coefficient (Wildman–Crippen LogP) is 2.18. The molecule has 0 bridgehead atoms. The Hall–Kier alpha value is -2.68. The minimum absolute atomic E-state index is 0.0631. The molecule has 0 aliphatic rings. The molecule has 0 heterocycles. The van der Waals surface area contributed by atoms with Gasteiger partial charge in [-0.15, -0.1) is 6.42 Å². The first-order valence-electron chi connectivity index (χ1n) is 6.43. The molecule has 6 heteroatoms. The van der Waals surface area contributed by atoms with Crippen LogP contribution in [0.25, 0.3) is 0 Å². The highest BCUT2D eigenvalue weighted by Crippen LogP contribution is 2.23. The van der Waals surface area contributed by atoms with E-state index >= 15 is 0 Å². The van der Waals surface area contributed by atoms with E-state index in [0.717, 1.165) is 6.42 Å². The lowest BCUT2D eigenvalue weighted by molar-refractivity contribution is 0.181. The van der Waals surface area contributed by atoms with Crippen LogP contribution in [0.5, 0.6) is 11.5 Å². The number of hydrogen-bond acceptors (Lipinski definition) is 5. The maximum Gasteiger partial charge on any atom is 0.412 e. The van der Waals surface area contributed by atoms with Gasteiger partial charge in [0.15, 0.2) is 6.61 Å². The topological polar surface area (TPSA) is 69.1 Å². The number of rotatable bonds is 7. The first-order chi connectivity index (χ1) is 10.2. The fourth-order valence-corrected chi connectivity index (χ4v) is 1.38. The summed E-state index contributed by atoms with van der Waals surface area (Å²) in [5.74, 6) is 3.24. The minimum Gasteiger partial charge on any atom is -0.497 e. The smallest absolute Gasteiger partial charge is 0.412 e. The van der Waals surface area contributed by atoms with Crippen LogP contribution in [0.2, 0.25) is 0 Å². The molecule has 0 saturated carbocycles. The molecule has 0 aliphatic heterocycles. The number of amides is 1. The lowest BCUT2D eigenvalue weighted by Gasteiger charge is -2.09. The second-order valence-electron chi connectivity index (χ2n) is 3.93. The van der Waals surface area contributed by atoms with Gasteiger partial charge in [-0.25, -0.2) is 4.79 Å². The lowest BCUT2D eigenvalue weighted by atomic mass is 10.2. The van der Waals surface area contributed by atoms with Crippen LogP contribution >= 0.6 is 0 Å². The van der Waals surface area contributed by atoms with Crippen molar-refractivity contribution in [2.45, 2.75) is 13.3 Å². The summed E-state index contributed by atoms with van der Waals surface area (Å²) >= 11 is 0. The molecule has 0 saturated heterocycles. The summed E-state index contributed by atoms with van der Waals surface area (Å²) in [5, 5.41) is 6.32. The van der Waals surface area contributed by atoms with Gasteiger partial charge in [0, 0.05) is 12.1 Å². The van der Waals surface area contributed by atoms with E-state index in [1.165, 1.54) is 6.21 Å². The zero-order valence-electron chi connectivity index (χ0n) is 12.1. The molecule has 0 aromatic heterocycles. The van der Waals surface area contributed by atoms with Crippen molar-refractivity contribution in [3.05, 3.63) is 23.8 Å². The second kappa shape index (κ2) is 9.26. The first kappa shape index (κ1) is 16.4. The Labute approximate surface area is 124 Å². The fourth-order valence-electron chi connectivity index (χ4n) is 1.38. The number of carbonyl (C=O) groups is 1. The molecule has 1 N–H and O–H groups in total. The number of nitrogens with zero attached hydrogens (tertiary/aromatic N) is 1. The molecule has 1 amide bonds. The monoisotopic (exact) mass is 290 g/mol. The molecule has 0 atom stereocenters. The number of ether oxygens (including phenoxy) is 2. The maximum absolute atomic E-state index is 11.6. The number of carbonyl (C=O) groups excluding carboxylic acids is 1. The summed E-state index contributed by atoms with van der Waals surface area (Å²) in [6.45, 7) is 2.56. The molecule has 112 valence electrons. The maximum atomic E-state index is 11.6. The largest absolute Gasteiger partial charge is 0.497 e. The van der Waals surface area contributed by atoms with Crippen molar-refractivity contribution in [1.29, 1.82) is 0 Å². The van der Waals surface area contributed by atoms with Gasteiger partial charge in [-0.05, 0) is 24.6 Å². The van der Waals surface area contributed by atoms with E-state index in [1.54, 1.807) is 25.3 Å². The quantitative estimate of drug-likeness (QED) is 0.362. The van der Waals surface area contributed by atoms with Gasteiger partial charge in [0.2, 0.25) is 0 Å². The van der Waals surface area contributed by atoms with Gasteiger partial charge in [0.25, 0.3) is 0 Å². The second-order valence-corrected chi connectivity index (χ2v) is 3.93. The summed E-state index contributed by atoms with van der Waals surface area (Å²) in [4.78, 5) is 16.4. The SMILES string of the molecule is C#CCO/N=C\c1cc(OC)ccc1OC(=O)NCCC. The number of terminal acetylenes is 1. The van der Waals surface area contributed by atoms with Crippen LogP contribution < -0.4 is 14.8 Å². The van der Waals surface area contributed by atoms with Crippen LogP contribution in [0.3, 0.4) is 0 Å². The number of hydrogen-bond donors (Lipinski definition) is 1. The van der Waals surface area contributed by atoms with E-state index in [9.17, 15) is 4.79 Å². The summed E-state index contributed by atoms with van der Waals surface area (Å²) in [5.41, 5.74) is 0.540. The average Bonchev–Trinajstić information content (AvgIpc) is 2.50. The summed E-state index contributed by atoms with van der Waals surface area (Å²) in [6, 6.07) is 4.97. The summed E-state index contributed by atoms with van der Waals surface area (Å²) < 4.78 is 10.3. The fraction of sp³-hybridized carbons (Fsp3) is 0.333. The van der Waals surface area contributed by atoms with Crippen LogP contribution in [-0.4, -0.2) is 32.6 Å². The Kier molecular flexibility index (Phi) is 7.22. The van der Waals surface area contributed by atoms with E-state index in [0.29, 0.717) is 23.6 Å². The van der Waals surface area contributed by atoms with Crippen LogP contribution in [0.1, 0.15) is 18.9 Å². The predicted molar refractivity (Wildman–Crippen MR) is 79.7 cm³/mol. The Morgan fingerprint density at radius 3 is 3.00 bits per heavy atom. The molecule has 1 aromatic rings. The Bertz CT molecular complexity index is 535. The molecule has 0 spiro atoms. The van der Waals surface area contributed by atoms with Gasteiger partial charge < -0.3 is 19.6 Å². The molecular weight excluding hydrogens is 272 g/mol. The summed E-state index contributed by atoms with van der Waals surface area (Å²) in [6.07, 6.45) is 6.75. The summed E-state index contributed by atoms with van der Waals surface area (Å²) in [7, 11) is 1.54. The van der Waals surface area contributed by atoms with Gasteiger partial charge >= 0.3 is 6.09 Å². The Morgan fingerprint density at radius 2 is 2.33 bits per heavy atom. The molecule has 0 radical (unpaired) electrons. The highest BCUT2D eigenvalue weighted by Gasteiger charge is 2.09. The van der Waals surface area contributed by atoms with Crippen molar-refractivity contribution in [3.63, 3.8) is 0 Å². The van der Waals surface area contributed by atoms with Crippen LogP contribution in [0, 0.1) is 12.3 Å². The van der Waals surface area contributed by atoms with Crippen molar-refractivity contribution in [3.8, 4) is 23.8 Å². The van der Waals surface area contributed by atoms with Crippen molar-refractivity contribution < 1.29 is 19.1 Å². The normalized spacial score (nSPS) is 9.95. The third-order valence-corrected chi connectivity index (χ3v) is 2.35. The molecule has 1 rings (SSSR count).